The molecule has 1 rings (SSSR count). The van der Waals surface area contributed by atoms with Gasteiger partial charge < -0.3 is 15.8 Å². The quantitative estimate of drug-likeness (QED) is 0.705. The molecule has 16 heavy (non-hydrogen) atoms. The average molecular weight is 219 g/mol. The summed E-state index contributed by atoms with van der Waals surface area (Å²) in [6.45, 7) is 0.705. The van der Waals surface area contributed by atoms with Crippen LogP contribution in [0.1, 0.15) is 5.56 Å². The van der Waals surface area contributed by atoms with Gasteiger partial charge in [-0.2, -0.15) is 5.26 Å². The van der Waals surface area contributed by atoms with Gasteiger partial charge in [0.05, 0.1) is 18.2 Å². The fraction of sp³-hybridized carbons (Fsp3) is 0.273. The molecule has 0 fully saturated rings. The summed E-state index contributed by atoms with van der Waals surface area (Å²) in [5.41, 5.74) is 6.30. The maximum absolute atomic E-state index is 11.3. The number of rotatable bonds is 5. The fourth-order valence-electron chi connectivity index (χ4n) is 1.11. The molecule has 5 nitrogen and oxygen atoms in total. The summed E-state index contributed by atoms with van der Waals surface area (Å²) in [4.78, 5) is 11.3. The Hall–Kier alpha value is -1.90. The van der Waals surface area contributed by atoms with E-state index in [2.05, 4.69) is 5.32 Å². The van der Waals surface area contributed by atoms with E-state index in [-0.39, 0.29) is 12.5 Å². The number of nitriles is 1. The first-order valence-corrected chi connectivity index (χ1v) is 4.84. The van der Waals surface area contributed by atoms with Gasteiger partial charge in [0.2, 0.25) is 5.91 Å². The van der Waals surface area contributed by atoms with Gasteiger partial charge in [-0.1, -0.05) is 6.07 Å². The normalized spacial score (nSPS) is 9.50. The van der Waals surface area contributed by atoms with Crippen molar-refractivity contribution in [1.82, 2.24) is 0 Å². The van der Waals surface area contributed by atoms with Crippen LogP contribution in [0.4, 0.5) is 5.69 Å². The minimum Gasteiger partial charge on any atom is -0.370 e. The van der Waals surface area contributed by atoms with Crippen molar-refractivity contribution in [3.8, 4) is 6.07 Å². The Bertz CT molecular complexity index is 398. The molecule has 0 aliphatic rings. The van der Waals surface area contributed by atoms with E-state index in [9.17, 15) is 4.79 Å². The molecule has 0 atom stereocenters. The molecule has 0 radical (unpaired) electrons. The van der Waals surface area contributed by atoms with Crippen LogP contribution in [0.3, 0.4) is 0 Å². The molecule has 3 N–H and O–H groups in total. The molecular formula is C11H13N3O2. The molecule has 84 valence electrons. The van der Waals surface area contributed by atoms with Crippen LogP contribution in [-0.2, 0) is 9.53 Å². The van der Waals surface area contributed by atoms with Crippen molar-refractivity contribution < 1.29 is 9.53 Å². The predicted molar refractivity (Wildman–Crippen MR) is 59.7 cm³/mol. The zero-order chi connectivity index (χ0) is 11.8. The summed E-state index contributed by atoms with van der Waals surface area (Å²) in [5, 5.41) is 11.3. The molecule has 0 aliphatic heterocycles. The lowest BCUT2D eigenvalue weighted by Crippen LogP contribution is -2.20. The van der Waals surface area contributed by atoms with E-state index in [0.29, 0.717) is 24.4 Å². The number of nitrogens with two attached hydrogens (primary N) is 1. The second kappa shape index (κ2) is 6.56. The molecule has 5 heteroatoms. The Balaban J connectivity index is 2.47. The monoisotopic (exact) mass is 219 g/mol. The molecule has 0 unspecified atom stereocenters. The van der Waals surface area contributed by atoms with Crippen molar-refractivity contribution >= 4 is 11.6 Å². The van der Waals surface area contributed by atoms with Crippen LogP contribution in [-0.4, -0.2) is 25.7 Å². The van der Waals surface area contributed by atoms with Crippen LogP contribution < -0.4 is 11.1 Å². The minimum atomic E-state index is -0.261. The summed E-state index contributed by atoms with van der Waals surface area (Å²) in [7, 11) is 0. The second-order valence-electron chi connectivity index (χ2n) is 3.08. The summed E-state index contributed by atoms with van der Waals surface area (Å²) in [6, 6.07) is 8.67. The number of hydrogen-bond acceptors (Lipinski definition) is 4. The maximum atomic E-state index is 11.3. The number of amides is 1. The van der Waals surface area contributed by atoms with Crippen molar-refractivity contribution in [3.63, 3.8) is 0 Å². The summed E-state index contributed by atoms with van der Waals surface area (Å²) < 4.78 is 4.97. The highest BCUT2D eigenvalue weighted by atomic mass is 16.5. The lowest BCUT2D eigenvalue weighted by molar-refractivity contribution is -0.120. The Kier molecular flexibility index (Phi) is 4.99. The molecule has 0 aromatic heterocycles. The van der Waals surface area contributed by atoms with Crippen molar-refractivity contribution in [2.24, 2.45) is 5.73 Å². The number of carbonyl (C=O) groups excluding carboxylic acids is 1. The number of nitrogens with zero attached hydrogens (tertiary/aromatic N) is 1. The number of nitrogens with one attached hydrogen (secondary N) is 1. The van der Waals surface area contributed by atoms with E-state index in [0.717, 1.165) is 0 Å². The number of benzene rings is 1. The van der Waals surface area contributed by atoms with E-state index in [1.807, 2.05) is 6.07 Å². The molecular weight excluding hydrogens is 206 g/mol. The molecule has 0 bridgehead atoms. The average Bonchev–Trinajstić information content (AvgIpc) is 2.29. The molecule has 1 aromatic carbocycles. The topological polar surface area (TPSA) is 88.1 Å². The van der Waals surface area contributed by atoms with Gasteiger partial charge in [-0.25, -0.2) is 0 Å². The van der Waals surface area contributed by atoms with Crippen LogP contribution >= 0.6 is 0 Å². The molecule has 0 saturated heterocycles. The van der Waals surface area contributed by atoms with Gasteiger partial charge in [-0.3, -0.25) is 4.79 Å². The van der Waals surface area contributed by atoms with E-state index in [4.69, 9.17) is 15.7 Å². The highest BCUT2D eigenvalue weighted by molar-refractivity contribution is 5.91. The molecule has 0 saturated carbocycles. The van der Waals surface area contributed by atoms with Crippen LogP contribution in [0, 0.1) is 11.3 Å². The zero-order valence-electron chi connectivity index (χ0n) is 8.77. The van der Waals surface area contributed by atoms with E-state index < -0.39 is 0 Å². The van der Waals surface area contributed by atoms with Crippen molar-refractivity contribution in [1.29, 1.82) is 5.26 Å². The van der Waals surface area contributed by atoms with Gasteiger partial charge >= 0.3 is 0 Å². The fourth-order valence-corrected chi connectivity index (χ4v) is 1.11. The number of anilines is 1. The van der Waals surface area contributed by atoms with Crippen LogP contribution in [0.15, 0.2) is 24.3 Å². The third-order valence-corrected chi connectivity index (χ3v) is 1.77. The SMILES string of the molecule is N#Cc1cccc(NC(=O)COCCN)c1. The molecule has 0 aliphatic carbocycles. The van der Waals surface area contributed by atoms with Gasteiger partial charge in [0.15, 0.2) is 0 Å². The zero-order valence-corrected chi connectivity index (χ0v) is 8.77. The Morgan fingerprint density at radius 3 is 3.06 bits per heavy atom. The van der Waals surface area contributed by atoms with Crippen molar-refractivity contribution in [2.45, 2.75) is 0 Å². The van der Waals surface area contributed by atoms with Gasteiger partial charge in [0.25, 0.3) is 0 Å². The van der Waals surface area contributed by atoms with Crippen LogP contribution in [0.5, 0.6) is 0 Å². The Morgan fingerprint density at radius 2 is 2.38 bits per heavy atom. The minimum absolute atomic E-state index is 0.0337. The highest BCUT2D eigenvalue weighted by Crippen LogP contribution is 2.09. The van der Waals surface area contributed by atoms with Crippen LogP contribution in [0.2, 0.25) is 0 Å². The van der Waals surface area contributed by atoms with E-state index >= 15 is 0 Å². The first kappa shape index (κ1) is 12.2. The largest absolute Gasteiger partial charge is 0.370 e. The third kappa shape index (κ3) is 4.09. The molecule has 1 amide bonds. The Labute approximate surface area is 93.8 Å². The Morgan fingerprint density at radius 1 is 1.56 bits per heavy atom. The molecule has 0 spiro atoms. The maximum Gasteiger partial charge on any atom is 0.250 e. The third-order valence-electron chi connectivity index (χ3n) is 1.77. The van der Waals surface area contributed by atoms with Gasteiger partial charge in [0.1, 0.15) is 6.61 Å². The molecule has 0 heterocycles. The van der Waals surface area contributed by atoms with Gasteiger partial charge in [-0.05, 0) is 18.2 Å². The van der Waals surface area contributed by atoms with Crippen molar-refractivity contribution in [2.75, 3.05) is 25.1 Å². The molecule has 1 aromatic rings. The first-order chi connectivity index (χ1) is 7.76. The van der Waals surface area contributed by atoms with E-state index in [1.54, 1.807) is 24.3 Å². The predicted octanol–water partition coefficient (Wildman–Crippen LogP) is 0.472. The lowest BCUT2D eigenvalue weighted by atomic mass is 10.2. The first-order valence-electron chi connectivity index (χ1n) is 4.84. The standard InChI is InChI=1S/C11H13N3O2/c12-4-5-16-8-11(15)14-10-3-1-2-9(6-10)7-13/h1-3,6H,4-5,8,12H2,(H,14,15). The summed E-state index contributed by atoms with van der Waals surface area (Å²) in [5.74, 6) is -0.261. The second-order valence-corrected chi connectivity index (χ2v) is 3.08. The summed E-state index contributed by atoms with van der Waals surface area (Å²) >= 11 is 0. The number of ether oxygens (including phenoxy) is 1. The highest BCUT2D eigenvalue weighted by Gasteiger charge is 2.02. The van der Waals surface area contributed by atoms with Gasteiger partial charge in [0, 0.05) is 12.2 Å². The van der Waals surface area contributed by atoms with Gasteiger partial charge in [-0.15, -0.1) is 0 Å². The number of carbonyl (C=O) groups is 1. The smallest absolute Gasteiger partial charge is 0.250 e. The van der Waals surface area contributed by atoms with Crippen molar-refractivity contribution in [3.05, 3.63) is 29.8 Å². The van der Waals surface area contributed by atoms with Crippen LogP contribution in [0.25, 0.3) is 0 Å². The number of hydrogen-bond donors (Lipinski definition) is 2. The summed E-state index contributed by atoms with van der Waals surface area (Å²) in [6.07, 6.45) is 0. The van der Waals surface area contributed by atoms with E-state index in [1.165, 1.54) is 0 Å². The lowest BCUT2D eigenvalue weighted by Gasteiger charge is -2.05.